The van der Waals surface area contributed by atoms with Gasteiger partial charge in [0.25, 0.3) is 0 Å². The first-order chi connectivity index (χ1) is 12.7. The third kappa shape index (κ3) is 3.44. The largest absolute Gasteiger partial charge is 0.506 e. The molecule has 132 valence electrons. The number of phenolic OH excluding ortho intramolecular Hbond substituents is 1. The summed E-state index contributed by atoms with van der Waals surface area (Å²) in [4.78, 5) is 2.50. The van der Waals surface area contributed by atoms with Crippen LogP contribution in [0.5, 0.6) is 5.75 Å². The molecule has 0 fully saturated rings. The maximum absolute atomic E-state index is 10.1. The van der Waals surface area contributed by atoms with Crippen LogP contribution in [0, 0.1) is 0 Å². The average Bonchev–Trinajstić information content (AvgIpc) is 2.84. The highest BCUT2D eigenvalue weighted by Crippen LogP contribution is 2.36. The SMILES string of the molecule is Nc1cc2c(cc1O)CCN(Cc1ccccc1)CC2c1ccccc1. The summed E-state index contributed by atoms with van der Waals surface area (Å²) >= 11 is 0. The van der Waals surface area contributed by atoms with Gasteiger partial charge in [0.05, 0.1) is 5.69 Å². The number of aromatic hydroxyl groups is 1. The van der Waals surface area contributed by atoms with Gasteiger partial charge in [0.15, 0.2) is 0 Å². The van der Waals surface area contributed by atoms with E-state index < -0.39 is 0 Å². The van der Waals surface area contributed by atoms with Crippen LogP contribution < -0.4 is 5.73 Å². The standard InChI is InChI=1S/C23H24N2O/c24-22-14-20-19(13-23(22)26)11-12-25(15-17-7-3-1-4-8-17)16-21(20)18-9-5-2-6-10-18/h1-10,13-14,21,26H,11-12,15-16,24H2. The van der Waals surface area contributed by atoms with Crippen LogP contribution in [-0.4, -0.2) is 23.1 Å². The number of nitrogen functional groups attached to an aromatic ring is 1. The van der Waals surface area contributed by atoms with Gasteiger partial charge in [-0.25, -0.2) is 0 Å². The molecule has 3 aromatic rings. The van der Waals surface area contributed by atoms with Crippen molar-refractivity contribution >= 4 is 5.69 Å². The maximum Gasteiger partial charge on any atom is 0.138 e. The Hall–Kier alpha value is -2.78. The minimum absolute atomic E-state index is 0.187. The lowest BCUT2D eigenvalue weighted by molar-refractivity contribution is 0.268. The van der Waals surface area contributed by atoms with Crippen LogP contribution in [-0.2, 0) is 13.0 Å². The molecule has 0 amide bonds. The molecule has 1 aliphatic heterocycles. The van der Waals surface area contributed by atoms with E-state index in [0.717, 1.165) is 26.1 Å². The zero-order chi connectivity index (χ0) is 17.9. The van der Waals surface area contributed by atoms with Crippen molar-refractivity contribution in [2.24, 2.45) is 0 Å². The number of hydrogen-bond acceptors (Lipinski definition) is 3. The van der Waals surface area contributed by atoms with E-state index in [1.54, 1.807) is 0 Å². The van der Waals surface area contributed by atoms with Crippen molar-refractivity contribution in [3.8, 4) is 5.75 Å². The smallest absolute Gasteiger partial charge is 0.138 e. The highest BCUT2D eigenvalue weighted by atomic mass is 16.3. The van der Waals surface area contributed by atoms with E-state index in [2.05, 4.69) is 59.5 Å². The number of anilines is 1. The number of fused-ring (bicyclic) bond motifs is 1. The minimum Gasteiger partial charge on any atom is -0.506 e. The Bertz CT molecular complexity index is 877. The Morgan fingerprint density at radius 3 is 2.38 bits per heavy atom. The highest BCUT2D eigenvalue weighted by molar-refractivity contribution is 5.58. The summed E-state index contributed by atoms with van der Waals surface area (Å²) in [7, 11) is 0. The highest BCUT2D eigenvalue weighted by Gasteiger charge is 2.25. The van der Waals surface area contributed by atoms with Crippen molar-refractivity contribution in [2.45, 2.75) is 18.9 Å². The van der Waals surface area contributed by atoms with E-state index in [1.807, 2.05) is 18.2 Å². The van der Waals surface area contributed by atoms with E-state index in [0.29, 0.717) is 5.69 Å². The predicted octanol–water partition coefficient (Wildman–Crippen LogP) is 4.16. The van der Waals surface area contributed by atoms with Gasteiger partial charge in [-0.2, -0.15) is 0 Å². The molecule has 3 N–H and O–H groups in total. The number of hydrogen-bond donors (Lipinski definition) is 2. The maximum atomic E-state index is 10.1. The Balaban J connectivity index is 1.71. The molecule has 0 radical (unpaired) electrons. The summed E-state index contributed by atoms with van der Waals surface area (Å²) < 4.78 is 0. The molecule has 0 aromatic heterocycles. The topological polar surface area (TPSA) is 49.5 Å². The second-order valence-electron chi connectivity index (χ2n) is 7.04. The average molecular weight is 344 g/mol. The van der Waals surface area contributed by atoms with Crippen molar-refractivity contribution in [3.63, 3.8) is 0 Å². The first kappa shape index (κ1) is 16.7. The van der Waals surface area contributed by atoms with E-state index in [-0.39, 0.29) is 11.7 Å². The van der Waals surface area contributed by atoms with Crippen LogP contribution in [0.2, 0.25) is 0 Å². The van der Waals surface area contributed by atoms with Crippen LogP contribution in [0.4, 0.5) is 5.69 Å². The Morgan fingerprint density at radius 2 is 1.65 bits per heavy atom. The minimum atomic E-state index is 0.187. The molecule has 1 unspecified atom stereocenters. The summed E-state index contributed by atoms with van der Waals surface area (Å²) in [5.74, 6) is 0.437. The van der Waals surface area contributed by atoms with Crippen molar-refractivity contribution in [1.29, 1.82) is 0 Å². The molecule has 0 saturated carbocycles. The molecule has 0 aliphatic carbocycles. The number of benzene rings is 3. The van der Waals surface area contributed by atoms with Crippen LogP contribution >= 0.6 is 0 Å². The van der Waals surface area contributed by atoms with Gasteiger partial charge in [-0.05, 0) is 40.8 Å². The molecular weight excluding hydrogens is 320 g/mol. The van der Waals surface area contributed by atoms with E-state index in [4.69, 9.17) is 5.73 Å². The van der Waals surface area contributed by atoms with Crippen LogP contribution in [0.1, 0.15) is 28.2 Å². The molecule has 3 aromatic carbocycles. The fourth-order valence-electron chi connectivity index (χ4n) is 3.89. The lowest BCUT2D eigenvalue weighted by atomic mass is 9.87. The fraction of sp³-hybridized carbons (Fsp3) is 0.217. The van der Waals surface area contributed by atoms with E-state index in [1.165, 1.54) is 22.3 Å². The zero-order valence-corrected chi connectivity index (χ0v) is 14.8. The summed E-state index contributed by atoms with van der Waals surface area (Å²) in [5, 5.41) is 10.1. The Labute approximate surface area is 154 Å². The van der Waals surface area contributed by atoms with Crippen LogP contribution in [0.15, 0.2) is 72.8 Å². The summed E-state index contributed by atoms with van der Waals surface area (Å²) in [6, 6.07) is 25.0. The van der Waals surface area contributed by atoms with E-state index >= 15 is 0 Å². The molecule has 0 spiro atoms. The molecule has 4 rings (SSSR count). The quantitative estimate of drug-likeness (QED) is 0.554. The van der Waals surface area contributed by atoms with Crippen molar-refractivity contribution in [1.82, 2.24) is 4.90 Å². The number of nitrogens with two attached hydrogens (primary N) is 1. The van der Waals surface area contributed by atoms with Crippen molar-refractivity contribution < 1.29 is 5.11 Å². The molecule has 26 heavy (non-hydrogen) atoms. The molecular formula is C23H24N2O. The number of phenols is 1. The molecule has 1 aliphatic rings. The third-order valence-corrected chi connectivity index (χ3v) is 5.25. The summed E-state index contributed by atoms with van der Waals surface area (Å²) in [5.41, 5.74) is 11.5. The second kappa shape index (κ2) is 7.22. The Kier molecular flexibility index (Phi) is 4.63. The summed E-state index contributed by atoms with van der Waals surface area (Å²) in [6.45, 7) is 2.84. The van der Waals surface area contributed by atoms with Gasteiger partial charge in [0, 0.05) is 25.6 Å². The molecule has 3 heteroatoms. The van der Waals surface area contributed by atoms with Crippen molar-refractivity contribution in [2.75, 3.05) is 18.8 Å². The van der Waals surface area contributed by atoms with Gasteiger partial charge >= 0.3 is 0 Å². The third-order valence-electron chi connectivity index (χ3n) is 5.25. The zero-order valence-electron chi connectivity index (χ0n) is 14.8. The number of rotatable bonds is 3. The van der Waals surface area contributed by atoms with Crippen LogP contribution in [0.25, 0.3) is 0 Å². The predicted molar refractivity (Wildman–Crippen MR) is 106 cm³/mol. The van der Waals surface area contributed by atoms with Crippen molar-refractivity contribution in [3.05, 3.63) is 95.1 Å². The van der Waals surface area contributed by atoms with Gasteiger partial charge in [0.1, 0.15) is 5.75 Å². The molecule has 3 nitrogen and oxygen atoms in total. The van der Waals surface area contributed by atoms with Gasteiger partial charge in [-0.15, -0.1) is 0 Å². The lowest BCUT2D eigenvalue weighted by Gasteiger charge is -2.25. The van der Waals surface area contributed by atoms with Crippen LogP contribution in [0.3, 0.4) is 0 Å². The number of nitrogens with zero attached hydrogens (tertiary/aromatic N) is 1. The van der Waals surface area contributed by atoms with Gasteiger partial charge in [-0.3, -0.25) is 4.90 Å². The summed E-state index contributed by atoms with van der Waals surface area (Å²) in [6.07, 6.45) is 0.916. The molecule has 0 bridgehead atoms. The monoisotopic (exact) mass is 344 g/mol. The molecule has 1 atom stereocenters. The van der Waals surface area contributed by atoms with Gasteiger partial charge < -0.3 is 10.8 Å². The van der Waals surface area contributed by atoms with Gasteiger partial charge in [0.2, 0.25) is 0 Å². The first-order valence-corrected chi connectivity index (χ1v) is 9.13. The molecule has 0 saturated heterocycles. The lowest BCUT2D eigenvalue weighted by Crippen LogP contribution is -2.28. The fourth-order valence-corrected chi connectivity index (χ4v) is 3.89. The normalized spacial score (nSPS) is 17.5. The first-order valence-electron chi connectivity index (χ1n) is 9.13. The Morgan fingerprint density at radius 1 is 0.962 bits per heavy atom. The van der Waals surface area contributed by atoms with Gasteiger partial charge in [-0.1, -0.05) is 60.7 Å². The molecule has 1 heterocycles. The van der Waals surface area contributed by atoms with E-state index in [9.17, 15) is 5.11 Å². The second-order valence-corrected chi connectivity index (χ2v) is 7.04.